The maximum atomic E-state index is 13.6. The van der Waals surface area contributed by atoms with Crippen molar-refractivity contribution in [1.29, 1.82) is 0 Å². The number of rotatable bonds is 4. The third-order valence-electron chi connectivity index (χ3n) is 5.82. The SMILES string of the molecule is COc1cccc(C(c2c(O)nc3n(c2=O)CCCS3)c2c(O)nc3n(c2=O)CCCS3)c1. The lowest BCUT2D eigenvalue weighted by atomic mass is 9.86. The quantitative estimate of drug-likeness (QED) is 0.536. The minimum absolute atomic E-state index is 0.0623. The van der Waals surface area contributed by atoms with Crippen molar-refractivity contribution in [3.8, 4) is 17.5 Å². The molecule has 0 atom stereocenters. The molecule has 5 rings (SSSR count). The highest BCUT2D eigenvalue weighted by atomic mass is 32.2. The zero-order chi connectivity index (χ0) is 23.1. The van der Waals surface area contributed by atoms with Gasteiger partial charge in [0, 0.05) is 24.6 Å². The standard InChI is InChI=1S/C22H22N4O5S2/c1-31-13-6-2-5-12(11-13)14(15-17(27)23-21-25(19(15)29)7-3-9-32-21)16-18(28)24-22-26(20(16)30)8-4-10-33-22/h2,5-6,11,14,27-28H,3-4,7-10H2,1H3. The smallest absolute Gasteiger partial charge is 0.262 e. The van der Waals surface area contributed by atoms with Gasteiger partial charge in [-0.25, -0.2) is 0 Å². The van der Waals surface area contributed by atoms with E-state index >= 15 is 0 Å². The van der Waals surface area contributed by atoms with Crippen LogP contribution in [0.25, 0.3) is 0 Å². The van der Waals surface area contributed by atoms with E-state index in [-0.39, 0.29) is 11.1 Å². The van der Waals surface area contributed by atoms with Crippen molar-refractivity contribution in [2.45, 2.75) is 42.2 Å². The van der Waals surface area contributed by atoms with Crippen LogP contribution < -0.4 is 15.9 Å². The Morgan fingerprint density at radius 3 is 2.00 bits per heavy atom. The molecule has 0 unspecified atom stereocenters. The number of nitrogens with zero attached hydrogens (tertiary/aromatic N) is 4. The van der Waals surface area contributed by atoms with Crippen LogP contribution in [0.15, 0.2) is 44.2 Å². The Morgan fingerprint density at radius 2 is 1.48 bits per heavy atom. The molecule has 2 aromatic heterocycles. The molecule has 172 valence electrons. The second-order valence-electron chi connectivity index (χ2n) is 7.79. The molecule has 4 heterocycles. The predicted molar refractivity (Wildman–Crippen MR) is 125 cm³/mol. The number of thioether (sulfide) groups is 2. The van der Waals surface area contributed by atoms with Crippen LogP contribution in [0.3, 0.4) is 0 Å². The van der Waals surface area contributed by atoms with Crippen LogP contribution in [0.2, 0.25) is 0 Å². The molecule has 0 saturated heterocycles. The Morgan fingerprint density at radius 1 is 0.939 bits per heavy atom. The molecule has 1 aromatic carbocycles. The summed E-state index contributed by atoms with van der Waals surface area (Å²) in [6.07, 6.45) is 1.58. The van der Waals surface area contributed by atoms with Crippen molar-refractivity contribution in [3.05, 3.63) is 61.7 Å². The summed E-state index contributed by atoms with van der Waals surface area (Å²) in [4.78, 5) is 35.7. The van der Waals surface area contributed by atoms with Gasteiger partial charge in [-0.2, -0.15) is 9.97 Å². The fourth-order valence-corrected chi connectivity index (χ4v) is 6.14. The highest BCUT2D eigenvalue weighted by molar-refractivity contribution is 7.99. The van der Waals surface area contributed by atoms with E-state index in [9.17, 15) is 19.8 Å². The second kappa shape index (κ2) is 8.79. The van der Waals surface area contributed by atoms with Crippen LogP contribution in [0.1, 0.15) is 35.4 Å². The fourth-order valence-electron chi connectivity index (χ4n) is 4.27. The minimum Gasteiger partial charge on any atom is -0.497 e. The maximum Gasteiger partial charge on any atom is 0.262 e. The van der Waals surface area contributed by atoms with Crippen molar-refractivity contribution < 1.29 is 14.9 Å². The summed E-state index contributed by atoms with van der Waals surface area (Å²) in [7, 11) is 1.52. The van der Waals surface area contributed by atoms with Crippen molar-refractivity contribution >= 4 is 23.5 Å². The summed E-state index contributed by atoms with van der Waals surface area (Å²) >= 11 is 2.80. The third-order valence-corrected chi connectivity index (χ3v) is 7.94. The molecule has 11 heteroatoms. The lowest BCUT2D eigenvalue weighted by molar-refractivity contribution is 0.404. The molecule has 0 aliphatic carbocycles. The van der Waals surface area contributed by atoms with E-state index in [0.717, 1.165) is 24.3 Å². The molecule has 2 N–H and O–H groups in total. The number of aromatic hydroxyl groups is 2. The van der Waals surface area contributed by atoms with Gasteiger partial charge in [-0.15, -0.1) is 0 Å². The number of hydrogen-bond acceptors (Lipinski definition) is 9. The number of hydrogen-bond donors (Lipinski definition) is 2. The van der Waals surface area contributed by atoms with Crippen LogP contribution in [-0.2, 0) is 13.1 Å². The molecule has 33 heavy (non-hydrogen) atoms. The Hall–Kier alpha value is -2.92. The van der Waals surface area contributed by atoms with Gasteiger partial charge in [0.05, 0.1) is 24.2 Å². The third kappa shape index (κ3) is 3.78. The van der Waals surface area contributed by atoms with Crippen molar-refractivity contribution in [2.75, 3.05) is 18.6 Å². The van der Waals surface area contributed by atoms with E-state index in [4.69, 9.17) is 4.74 Å². The van der Waals surface area contributed by atoms with Crippen molar-refractivity contribution in [2.24, 2.45) is 0 Å². The van der Waals surface area contributed by atoms with Gasteiger partial charge in [0.1, 0.15) is 5.75 Å². The maximum absolute atomic E-state index is 13.6. The van der Waals surface area contributed by atoms with Gasteiger partial charge >= 0.3 is 0 Å². The van der Waals surface area contributed by atoms with Gasteiger partial charge in [-0.3, -0.25) is 18.7 Å². The van der Waals surface area contributed by atoms with E-state index in [2.05, 4.69) is 9.97 Å². The predicted octanol–water partition coefficient (Wildman–Crippen LogP) is 2.39. The highest BCUT2D eigenvalue weighted by Gasteiger charge is 2.34. The Bertz CT molecular complexity index is 1270. The van der Waals surface area contributed by atoms with E-state index in [0.29, 0.717) is 34.7 Å². The monoisotopic (exact) mass is 486 g/mol. The van der Waals surface area contributed by atoms with E-state index < -0.39 is 28.8 Å². The van der Waals surface area contributed by atoms with Crippen LogP contribution in [0.5, 0.6) is 17.5 Å². The largest absolute Gasteiger partial charge is 0.497 e. The normalized spacial score (nSPS) is 15.2. The first-order valence-electron chi connectivity index (χ1n) is 10.6. The number of ether oxygens (including phenoxy) is 1. The van der Waals surface area contributed by atoms with Gasteiger partial charge < -0.3 is 14.9 Å². The number of methoxy groups -OCH3 is 1. The molecule has 9 nitrogen and oxygen atoms in total. The molecule has 0 bridgehead atoms. The minimum atomic E-state index is -1.07. The van der Waals surface area contributed by atoms with Crippen molar-refractivity contribution in [3.63, 3.8) is 0 Å². The molecular formula is C22H22N4O5S2. The van der Waals surface area contributed by atoms with Crippen LogP contribution in [0, 0.1) is 0 Å². The topological polar surface area (TPSA) is 119 Å². The second-order valence-corrected chi connectivity index (χ2v) is 9.91. The van der Waals surface area contributed by atoms with Gasteiger partial charge in [0.25, 0.3) is 11.1 Å². The Kier molecular flexibility index (Phi) is 5.83. The summed E-state index contributed by atoms with van der Waals surface area (Å²) < 4.78 is 8.39. The molecular weight excluding hydrogens is 464 g/mol. The fraction of sp³-hybridized carbons (Fsp3) is 0.364. The lowest BCUT2D eigenvalue weighted by Crippen LogP contribution is -2.35. The van der Waals surface area contributed by atoms with Crippen molar-refractivity contribution in [1.82, 2.24) is 19.1 Å². The molecule has 0 fully saturated rings. The molecule has 2 aliphatic rings. The van der Waals surface area contributed by atoms with E-state index in [1.807, 2.05) is 0 Å². The Labute approximate surface area is 197 Å². The average molecular weight is 487 g/mol. The van der Waals surface area contributed by atoms with E-state index in [1.165, 1.54) is 39.8 Å². The average Bonchev–Trinajstić information content (AvgIpc) is 2.83. The van der Waals surface area contributed by atoms with E-state index in [1.54, 1.807) is 24.3 Å². The molecule has 0 spiro atoms. The number of aromatic nitrogens is 4. The van der Waals surface area contributed by atoms with Crippen LogP contribution in [0.4, 0.5) is 0 Å². The summed E-state index contributed by atoms with van der Waals surface area (Å²) in [5.74, 6) is 0.140. The first-order valence-corrected chi connectivity index (χ1v) is 12.5. The van der Waals surface area contributed by atoms with Gasteiger partial charge in [0.2, 0.25) is 11.8 Å². The Balaban J connectivity index is 1.82. The summed E-state index contributed by atoms with van der Waals surface area (Å²) in [5.41, 5.74) is -0.493. The molecule has 0 radical (unpaired) electrons. The summed E-state index contributed by atoms with van der Waals surface area (Å²) in [6, 6.07) is 6.88. The van der Waals surface area contributed by atoms with Gasteiger partial charge in [0.15, 0.2) is 10.3 Å². The zero-order valence-electron chi connectivity index (χ0n) is 17.9. The highest BCUT2D eigenvalue weighted by Crippen LogP contribution is 2.39. The first-order chi connectivity index (χ1) is 16.0. The number of benzene rings is 1. The molecule has 0 saturated carbocycles. The molecule has 2 aliphatic heterocycles. The summed E-state index contributed by atoms with van der Waals surface area (Å²) in [6.45, 7) is 0.937. The molecule has 3 aromatic rings. The summed E-state index contributed by atoms with van der Waals surface area (Å²) in [5, 5.41) is 22.7. The lowest BCUT2D eigenvalue weighted by Gasteiger charge is -2.25. The first kappa shape index (κ1) is 21.9. The van der Waals surface area contributed by atoms with Crippen LogP contribution >= 0.6 is 23.5 Å². The number of fused-ring (bicyclic) bond motifs is 2. The van der Waals surface area contributed by atoms with Gasteiger partial charge in [-0.1, -0.05) is 35.7 Å². The molecule has 0 amide bonds. The zero-order valence-corrected chi connectivity index (χ0v) is 19.5. The van der Waals surface area contributed by atoms with Gasteiger partial charge in [-0.05, 0) is 30.5 Å². The van der Waals surface area contributed by atoms with Crippen LogP contribution in [-0.4, -0.2) is 47.9 Å².